The molecule has 2 aromatic heterocycles. The van der Waals surface area contributed by atoms with Gasteiger partial charge in [0.25, 0.3) is 0 Å². The van der Waals surface area contributed by atoms with E-state index in [1.54, 1.807) is 18.0 Å². The third kappa shape index (κ3) is 7.13. The van der Waals surface area contributed by atoms with Gasteiger partial charge in [-0.15, -0.1) is 0 Å². The van der Waals surface area contributed by atoms with Crippen molar-refractivity contribution in [2.75, 3.05) is 26.2 Å². The van der Waals surface area contributed by atoms with E-state index in [-0.39, 0.29) is 29.9 Å². The zero-order chi connectivity index (χ0) is 37.2. The summed E-state index contributed by atoms with van der Waals surface area (Å²) in [5.41, 5.74) is 7.01. The molecule has 3 aliphatic heterocycles. The van der Waals surface area contributed by atoms with Gasteiger partial charge < -0.3 is 30.2 Å². The van der Waals surface area contributed by atoms with Crippen LogP contribution in [0.25, 0.3) is 33.6 Å². The Morgan fingerprint density at radius 2 is 1.15 bits per heavy atom. The molecule has 3 aromatic carbocycles. The molecule has 0 aliphatic carbocycles. The van der Waals surface area contributed by atoms with E-state index in [1.165, 1.54) is 0 Å². The van der Waals surface area contributed by atoms with Crippen LogP contribution in [0.15, 0.2) is 91.3 Å². The molecule has 4 N–H and O–H groups in total. The fourth-order valence-electron chi connectivity index (χ4n) is 8.42. The van der Waals surface area contributed by atoms with Crippen molar-refractivity contribution in [3.8, 4) is 33.6 Å². The number of amides is 3. The zero-order valence-corrected chi connectivity index (χ0v) is 30.4. The van der Waals surface area contributed by atoms with Crippen LogP contribution in [0.4, 0.5) is 4.79 Å². The largest absolute Gasteiger partial charge is 0.465 e. The first-order chi connectivity index (χ1) is 26.3. The highest BCUT2D eigenvalue weighted by molar-refractivity contribution is 5.85. The highest BCUT2D eigenvalue weighted by Crippen LogP contribution is 2.37. The smallest absolute Gasteiger partial charge is 0.405 e. The zero-order valence-electron chi connectivity index (χ0n) is 30.4. The molecule has 0 radical (unpaired) electrons. The van der Waals surface area contributed by atoms with Crippen LogP contribution in [0, 0.1) is 0 Å². The Balaban J connectivity index is 0.929. The van der Waals surface area contributed by atoms with Crippen molar-refractivity contribution < 1.29 is 19.5 Å². The van der Waals surface area contributed by atoms with E-state index in [2.05, 4.69) is 85.8 Å². The van der Waals surface area contributed by atoms with Gasteiger partial charge in [0, 0.05) is 13.1 Å². The van der Waals surface area contributed by atoms with Crippen LogP contribution in [0.1, 0.15) is 80.8 Å². The van der Waals surface area contributed by atoms with Crippen molar-refractivity contribution in [2.24, 2.45) is 0 Å². The van der Waals surface area contributed by atoms with Gasteiger partial charge in [-0.05, 0) is 86.4 Å². The number of benzene rings is 3. The Labute approximate surface area is 314 Å². The van der Waals surface area contributed by atoms with Gasteiger partial charge in [0.05, 0.1) is 35.9 Å². The van der Waals surface area contributed by atoms with Gasteiger partial charge in [0.15, 0.2) is 0 Å². The van der Waals surface area contributed by atoms with Crippen molar-refractivity contribution in [3.05, 3.63) is 108 Å². The van der Waals surface area contributed by atoms with E-state index >= 15 is 0 Å². The van der Waals surface area contributed by atoms with E-state index in [0.29, 0.717) is 12.4 Å². The molecule has 8 rings (SSSR count). The number of carbonyl (C=O) groups is 3. The van der Waals surface area contributed by atoms with Gasteiger partial charge >= 0.3 is 6.09 Å². The van der Waals surface area contributed by atoms with Crippen molar-refractivity contribution in [3.63, 3.8) is 0 Å². The van der Waals surface area contributed by atoms with Crippen LogP contribution in [-0.2, 0) is 9.59 Å². The van der Waals surface area contributed by atoms with Crippen molar-refractivity contribution >= 4 is 17.9 Å². The summed E-state index contributed by atoms with van der Waals surface area (Å²) in [6, 6.07) is 25.5. The molecule has 278 valence electrons. The average molecular weight is 727 g/mol. The molecule has 3 fully saturated rings. The number of nitrogens with one attached hydrogen (secondary N) is 3. The molecule has 4 atom stereocenters. The number of likely N-dealkylation sites (tertiary alicyclic amines) is 3. The van der Waals surface area contributed by atoms with Gasteiger partial charge in [0.1, 0.15) is 23.7 Å². The molecule has 12 nitrogen and oxygen atoms in total. The van der Waals surface area contributed by atoms with E-state index in [4.69, 9.17) is 10.1 Å². The molecule has 0 saturated carbocycles. The molecule has 0 spiro atoms. The second kappa shape index (κ2) is 15.3. The number of aromatic nitrogens is 4. The van der Waals surface area contributed by atoms with Gasteiger partial charge in [-0.25, -0.2) is 14.8 Å². The third-order valence-electron chi connectivity index (χ3n) is 11.2. The predicted octanol–water partition coefficient (Wildman–Crippen LogP) is 6.95. The SMILES string of the molecule is C[C@H](NC(=O)O)C(=O)N1CCC[C@H]1c1ncc(-c2ccc(-c3ccc(-c4cnc([C@@H]5CCCN5C(=O)[C@@H](c5ccccc5)N5CCCC5)[nH]4)cc3)cc2)[nH]1. The maximum atomic E-state index is 14.2. The maximum Gasteiger partial charge on any atom is 0.405 e. The summed E-state index contributed by atoms with van der Waals surface area (Å²) < 4.78 is 0. The van der Waals surface area contributed by atoms with Crippen LogP contribution in [0.2, 0.25) is 0 Å². The van der Waals surface area contributed by atoms with Crippen LogP contribution >= 0.6 is 0 Å². The van der Waals surface area contributed by atoms with Gasteiger partial charge in [-0.2, -0.15) is 0 Å². The topological polar surface area (TPSA) is 151 Å². The number of hydrogen-bond donors (Lipinski definition) is 4. The lowest BCUT2D eigenvalue weighted by molar-refractivity contribution is -0.138. The average Bonchev–Trinajstić information content (AvgIpc) is 4.04. The number of hydrogen-bond acceptors (Lipinski definition) is 6. The molecule has 3 saturated heterocycles. The lowest BCUT2D eigenvalue weighted by atomic mass is 10.0. The second-order valence-electron chi connectivity index (χ2n) is 14.6. The molecular formula is C42H46N8O4. The van der Waals surface area contributed by atoms with Crippen LogP contribution in [0.3, 0.4) is 0 Å². The molecule has 5 aromatic rings. The Morgan fingerprint density at radius 3 is 1.65 bits per heavy atom. The van der Waals surface area contributed by atoms with E-state index < -0.39 is 12.1 Å². The summed E-state index contributed by atoms with van der Waals surface area (Å²) in [6.07, 6.45) is 8.13. The summed E-state index contributed by atoms with van der Waals surface area (Å²) in [5.74, 6) is 1.45. The summed E-state index contributed by atoms with van der Waals surface area (Å²) >= 11 is 0. The van der Waals surface area contributed by atoms with E-state index in [1.807, 2.05) is 29.3 Å². The number of aromatic amines is 2. The molecule has 3 aliphatic rings. The number of imidazole rings is 2. The monoisotopic (exact) mass is 726 g/mol. The number of nitrogens with zero attached hydrogens (tertiary/aromatic N) is 5. The van der Waals surface area contributed by atoms with Gasteiger partial charge in [-0.1, -0.05) is 78.9 Å². The first kappa shape index (κ1) is 35.3. The fraction of sp³-hybridized carbons (Fsp3) is 0.357. The third-order valence-corrected chi connectivity index (χ3v) is 11.2. The molecular weight excluding hydrogens is 681 g/mol. The second-order valence-corrected chi connectivity index (χ2v) is 14.6. The van der Waals surface area contributed by atoms with Crippen LogP contribution in [0.5, 0.6) is 0 Å². The molecule has 0 bridgehead atoms. The highest BCUT2D eigenvalue weighted by Gasteiger charge is 2.39. The molecule has 54 heavy (non-hydrogen) atoms. The standard InChI is InChI=1S/C42H46N8O4/c1-27(45-42(53)54)40(51)49-23-7-11-35(49)38-43-25-33(46-38)30-17-13-28(14-18-30)29-15-19-31(20-16-29)34-26-44-39(47-34)36-12-8-24-50(36)41(52)37(48-21-5-6-22-48)32-9-3-2-4-10-32/h2-4,9-10,13-20,25-27,35-37,45H,5-8,11-12,21-24H2,1H3,(H,43,46)(H,44,47)(H,53,54)/t27-,35-,36-,37+/m0/s1. The molecule has 5 heterocycles. The number of H-pyrrole nitrogens is 2. The first-order valence-corrected chi connectivity index (χ1v) is 19.0. The van der Waals surface area contributed by atoms with Crippen LogP contribution in [-0.4, -0.2) is 89.9 Å². The van der Waals surface area contributed by atoms with Crippen molar-refractivity contribution in [1.29, 1.82) is 0 Å². The Morgan fingerprint density at radius 1 is 0.667 bits per heavy atom. The quantitative estimate of drug-likeness (QED) is 0.122. The van der Waals surface area contributed by atoms with Gasteiger partial charge in [0.2, 0.25) is 11.8 Å². The minimum Gasteiger partial charge on any atom is -0.465 e. The van der Waals surface area contributed by atoms with Crippen LogP contribution < -0.4 is 5.32 Å². The summed E-state index contributed by atoms with van der Waals surface area (Å²) in [5, 5.41) is 11.3. The minimum atomic E-state index is -1.22. The number of carbonyl (C=O) groups excluding carboxylic acids is 2. The van der Waals surface area contributed by atoms with Gasteiger partial charge in [-0.3, -0.25) is 14.5 Å². The summed E-state index contributed by atoms with van der Waals surface area (Å²) in [6.45, 7) is 4.75. The highest BCUT2D eigenvalue weighted by atomic mass is 16.4. The summed E-state index contributed by atoms with van der Waals surface area (Å²) in [7, 11) is 0. The molecule has 3 amide bonds. The van der Waals surface area contributed by atoms with E-state index in [0.717, 1.165) is 103 Å². The Kier molecular flexibility index (Phi) is 10.0. The maximum absolute atomic E-state index is 14.2. The Bertz CT molecular complexity index is 2090. The summed E-state index contributed by atoms with van der Waals surface area (Å²) in [4.78, 5) is 60.7. The minimum absolute atomic E-state index is 0.0757. The first-order valence-electron chi connectivity index (χ1n) is 19.0. The number of rotatable bonds is 10. The molecule has 0 unspecified atom stereocenters. The normalized spacial score (nSPS) is 19.9. The van der Waals surface area contributed by atoms with Crippen molar-refractivity contribution in [2.45, 2.75) is 69.6 Å². The predicted molar refractivity (Wildman–Crippen MR) is 205 cm³/mol. The molecule has 12 heteroatoms. The lowest BCUT2D eigenvalue weighted by Crippen LogP contribution is -2.46. The Hall–Kier alpha value is -5.75. The lowest BCUT2D eigenvalue weighted by Gasteiger charge is -2.33. The van der Waals surface area contributed by atoms with Crippen molar-refractivity contribution in [1.82, 2.24) is 40.0 Å². The fourth-order valence-corrected chi connectivity index (χ4v) is 8.42. The number of carboxylic acid groups (broad SMARTS) is 1. The van der Waals surface area contributed by atoms with E-state index in [9.17, 15) is 14.4 Å².